The van der Waals surface area contributed by atoms with Crippen LogP contribution < -0.4 is 10.2 Å². The Morgan fingerprint density at radius 1 is 0.462 bits per heavy atom. The van der Waals surface area contributed by atoms with Crippen LogP contribution in [0.15, 0.2) is 97.2 Å². The number of allylic oxidation sites excluding steroid dienone is 15. The number of aliphatic hydroxyl groups is 1. The number of nitrogens with zero attached hydrogens (tertiary/aromatic N) is 1. The lowest BCUT2D eigenvalue weighted by molar-refractivity contribution is -0.870. The highest BCUT2D eigenvalue weighted by atomic mass is 31.2. The van der Waals surface area contributed by atoms with Gasteiger partial charge >= 0.3 is 0 Å². The van der Waals surface area contributed by atoms with E-state index in [2.05, 4.69) is 104 Å². The highest BCUT2D eigenvalue weighted by Crippen LogP contribution is 2.38. The number of hydrogen-bond donors (Lipinski definition) is 2. The second kappa shape index (κ2) is 59.1. The summed E-state index contributed by atoms with van der Waals surface area (Å²) >= 11 is 0. The van der Waals surface area contributed by atoms with Crippen molar-refractivity contribution in [2.75, 3.05) is 40.9 Å². The summed E-state index contributed by atoms with van der Waals surface area (Å²) in [4.78, 5) is 25.6. The molecule has 0 saturated heterocycles. The van der Waals surface area contributed by atoms with Crippen LogP contribution in [0.2, 0.25) is 0 Å². The minimum atomic E-state index is -4.61. The first-order valence-electron chi connectivity index (χ1n) is 32.6. The Labute approximate surface area is 483 Å². The van der Waals surface area contributed by atoms with E-state index in [0.717, 1.165) is 77.0 Å². The molecule has 2 N–H and O–H groups in total. The van der Waals surface area contributed by atoms with Gasteiger partial charge in [-0.05, 0) is 83.5 Å². The fourth-order valence-corrected chi connectivity index (χ4v) is 9.96. The van der Waals surface area contributed by atoms with Gasteiger partial charge in [-0.2, -0.15) is 0 Å². The topological polar surface area (TPSA) is 108 Å². The van der Waals surface area contributed by atoms with E-state index in [1.54, 1.807) is 6.08 Å². The lowest BCUT2D eigenvalue weighted by atomic mass is 10.0. The third-order valence-corrected chi connectivity index (χ3v) is 15.2. The number of rotatable bonds is 59. The van der Waals surface area contributed by atoms with Gasteiger partial charge in [0.05, 0.1) is 39.9 Å². The summed E-state index contributed by atoms with van der Waals surface area (Å²) in [5.74, 6) is -0.208. The molecule has 0 bridgehead atoms. The summed E-state index contributed by atoms with van der Waals surface area (Å²) in [5.41, 5.74) is 0. The Kier molecular flexibility index (Phi) is 57.1. The summed E-state index contributed by atoms with van der Waals surface area (Å²) in [6, 6.07) is -0.910. The summed E-state index contributed by atoms with van der Waals surface area (Å²) in [7, 11) is 1.24. The van der Waals surface area contributed by atoms with Gasteiger partial charge in [0, 0.05) is 6.42 Å². The third kappa shape index (κ3) is 61.0. The van der Waals surface area contributed by atoms with E-state index in [-0.39, 0.29) is 12.5 Å². The second-order valence-electron chi connectivity index (χ2n) is 23.1. The van der Waals surface area contributed by atoms with Crippen LogP contribution in [-0.4, -0.2) is 68.5 Å². The molecule has 0 aliphatic carbocycles. The molecule has 0 aliphatic heterocycles. The van der Waals surface area contributed by atoms with Gasteiger partial charge in [-0.1, -0.05) is 291 Å². The first kappa shape index (κ1) is 75.4. The molecule has 3 atom stereocenters. The largest absolute Gasteiger partial charge is 0.756 e. The van der Waals surface area contributed by atoms with Crippen molar-refractivity contribution in [1.82, 2.24) is 5.32 Å². The van der Waals surface area contributed by atoms with Crippen LogP contribution in [0.3, 0.4) is 0 Å². The molecule has 9 heteroatoms. The van der Waals surface area contributed by atoms with Crippen LogP contribution in [0, 0.1) is 0 Å². The molecule has 8 nitrogen and oxygen atoms in total. The SMILES string of the molecule is CC/C=C\C/C=C\C/C=C\C/C=C\C/C=C\C/C=C\CCCCCCCCCCCCCCCCC(=O)NC(COP(=O)([O-])OCC[N+](C)(C)C)C(O)/C=C/CC/C=C/CCCCCCCCCCCCCCCCCCC. The number of quaternary nitrogens is 1. The third-order valence-electron chi connectivity index (χ3n) is 14.3. The van der Waals surface area contributed by atoms with Crippen LogP contribution in [-0.2, 0) is 18.4 Å². The van der Waals surface area contributed by atoms with Crippen molar-refractivity contribution in [2.24, 2.45) is 0 Å². The van der Waals surface area contributed by atoms with Gasteiger partial charge in [0.25, 0.3) is 7.82 Å². The zero-order valence-corrected chi connectivity index (χ0v) is 52.5. The summed E-state index contributed by atoms with van der Waals surface area (Å²) in [6.07, 6.45) is 85.1. The van der Waals surface area contributed by atoms with Crippen molar-refractivity contribution in [3.05, 3.63) is 97.2 Å². The Hall–Kier alpha value is -2.58. The molecule has 3 unspecified atom stereocenters. The number of amides is 1. The first-order valence-corrected chi connectivity index (χ1v) is 34.1. The van der Waals surface area contributed by atoms with Gasteiger partial charge < -0.3 is 28.8 Å². The summed E-state index contributed by atoms with van der Waals surface area (Å²) in [5, 5.41) is 13.9. The molecule has 0 rings (SSSR count). The van der Waals surface area contributed by atoms with Gasteiger partial charge in [-0.3, -0.25) is 9.36 Å². The fourth-order valence-electron chi connectivity index (χ4n) is 9.23. The lowest BCUT2D eigenvalue weighted by Crippen LogP contribution is -2.45. The van der Waals surface area contributed by atoms with Crippen molar-refractivity contribution in [3.63, 3.8) is 0 Å². The van der Waals surface area contributed by atoms with Crippen molar-refractivity contribution >= 4 is 13.7 Å². The molecule has 0 saturated carbocycles. The van der Waals surface area contributed by atoms with Crippen molar-refractivity contribution < 1.29 is 32.9 Å². The predicted octanol–water partition coefficient (Wildman–Crippen LogP) is 19.9. The van der Waals surface area contributed by atoms with Crippen LogP contribution in [0.4, 0.5) is 0 Å². The van der Waals surface area contributed by atoms with Crippen molar-refractivity contribution in [2.45, 2.75) is 296 Å². The molecule has 0 fully saturated rings. The average molecular weight is 1110 g/mol. The number of carbonyl (C=O) groups excluding carboxylic acids is 1. The molecule has 0 heterocycles. The van der Waals surface area contributed by atoms with E-state index in [9.17, 15) is 19.4 Å². The maximum absolute atomic E-state index is 13.0. The summed E-state index contributed by atoms with van der Waals surface area (Å²) in [6.45, 7) is 4.54. The zero-order valence-electron chi connectivity index (χ0n) is 51.6. The number of nitrogens with one attached hydrogen (secondary N) is 1. The van der Waals surface area contributed by atoms with E-state index < -0.39 is 26.6 Å². The maximum Gasteiger partial charge on any atom is 0.268 e. The summed E-state index contributed by atoms with van der Waals surface area (Å²) < 4.78 is 23.4. The maximum atomic E-state index is 13.0. The molecule has 0 aliphatic rings. The number of hydrogen-bond acceptors (Lipinski definition) is 6. The number of aliphatic hydroxyl groups excluding tert-OH is 1. The van der Waals surface area contributed by atoms with E-state index in [0.29, 0.717) is 17.4 Å². The molecule has 0 aromatic rings. The van der Waals surface area contributed by atoms with E-state index in [1.807, 2.05) is 27.2 Å². The van der Waals surface area contributed by atoms with Crippen LogP contribution in [0.25, 0.3) is 0 Å². The number of phosphoric ester groups is 1. The number of carbonyl (C=O) groups is 1. The molecule has 0 aromatic carbocycles. The molecule has 0 radical (unpaired) electrons. The van der Waals surface area contributed by atoms with Gasteiger partial charge in [-0.25, -0.2) is 0 Å². The van der Waals surface area contributed by atoms with Crippen LogP contribution in [0.1, 0.15) is 284 Å². The lowest BCUT2D eigenvalue weighted by Gasteiger charge is -2.29. The van der Waals surface area contributed by atoms with E-state index in [1.165, 1.54) is 186 Å². The monoisotopic (exact) mass is 1110 g/mol. The fraction of sp³-hybridized carbons (Fsp3) is 0.754. The van der Waals surface area contributed by atoms with Crippen molar-refractivity contribution in [1.29, 1.82) is 0 Å². The molecule has 1 amide bonds. The van der Waals surface area contributed by atoms with Gasteiger partial charge in [0.2, 0.25) is 5.91 Å². The normalized spacial score (nSPS) is 14.4. The highest BCUT2D eigenvalue weighted by Gasteiger charge is 2.23. The van der Waals surface area contributed by atoms with Gasteiger partial charge in [0.1, 0.15) is 13.2 Å². The highest BCUT2D eigenvalue weighted by molar-refractivity contribution is 7.45. The molecule has 452 valence electrons. The van der Waals surface area contributed by atoms with E-state index >= 15 is 0 Å². The molecule has 0 spiro atoms. The minimum Gasteiger partial charge on any atom is -0.756 e. The predicted molar refractivity (Wildman–Crippen MR) is 339 cm³/mol. The van der Waals surface area contributed by atoms with Gasteiger partial charge in [-0.15, -0.1) is 0 Å². The Morgan fingerprint density at radius 3 is 1.19 bits per heavy atom. The average Bonchev–Trinajstić information content (AvgIpc) is 3.41. The standard InChI is InChI=1S/C69H125N2O6P/c1-6-8-10-12-14-16-18-20-22-24-26-28-30-31-32-33-34-35-36-37-38-39-41-43-45-47-49-51-53-55-57-59-61-63-69(73)70-67(66-77-78(74,75)76-65-64-71(3,4)5)68(72)62-60-58-56-54-52-50-48-46-44-42-40-29-27-25-23-21-19-17-15-13-11-9-7-2/h8,10,14,16,20,22,26,28,31-32,34-35,52,54,60,62,67-68,72H,6-7,9,11-13,15,17-19,21,23-25,27,29-30,33,36-51,53,55-59,61,63-66H2,1-5H3,(H-,70,73,74,75)/b10-8-,16-14-,22-20-,28-26-,32-31-,35-34-,54-52+,62-60+. The molecular weight excluding hydrogens is 984 g/mol. The Morgan fingerprint density at radius 2 is 0.795 bits per heavy atom. The Balaban J connectivity index is 4.15. The molecule has 0 aromatic heterocycles. The second-order valence-corrected chi connectivity index (χ2v) is 24.5. The smallest absolute Gasteiger partial charge is 0.268 e. The first-order chi connectivity index (χ1) is 38.0. The number of phosphoric acid groups is 1. The molecule has 78 heavy (non-hydrogen) atoms. The molecular formula is C69H125N2O6P. The van der Waals surface area contributed by atoms with Crippen molar-refractivity contribution in [3.8, 4) is 0 Å². The number of unbranched alkanes of at least 4 members (excludes halogenated alkanes) is 32. The minimum absolute atomic E-state index is 0.00940. The Bertz CT molecular complexity index is 1590. The quantitative estimate of drug-likeness (QED) is 0.0272. The number of likely N-dealkylation sites (N-methyl/N-ethyl adjacent to an activating group) is 1. The van der Waals surface area contributed by atoms with Crippen LogP contribution >= 0.6 is 7.82 Å². The zero-order chi connectivity index (χ0) is 57.0. The van der Waals surface area contributed by atoms with Crippen LogP contribution in [0.5, 0.6) is 0 Å². The van der Waals surface area contributed by atoms with E-state index in [4.69, 9.17) is 9.05 Å². The van der Waals surface area contributed by atoms with Gasteiger partial charge in [0.15, 0.2) is 0 Å².